The van der Waals surface area contributed by atoms with Crippen LogP contribution in [-0.2, 0) is 37.0 Å². The molecule has 0 radical (unpaired) electrons. The van der Waals surface area contributed by atoms with Crippen LogP contribution in [0.2, 0.25) is 0 Å². The maximum absolute atomic E-state index is 8.00. The number of carbonyl (C=O) groups excluding carboxylic acids is 1. The highest BCUT2D eigenvalue weighted by Gasteiger charge is 2.22. The van der Waals surface area contributed by atoms with E-state index in [-0.39, 0.29) is 0 Å². The van der Waals surface area contributed by atoms with Crippen LogP contribution in [0.4, 0.5) is 0 Å². The second kappa shape index (κ2) is 12.3. The van der Waals surface area contributed by atoms with Gasteiger partial charge in [0.1, 0.15) is 19.0 Å². The molecule has 2 aliphatic rings. The van der Waals surface area contributed by atoms with Crippen LogP contribution in [0.25, 0.3) is 0 Å². The minimum atomic E-state index is 0.369. The molecule has 2 heterocycles. The fourth-order valence-corrected chi connectivity index (χ4v) is 2.09. The number of hydrogen-bond donors (Lipinski definition) is 0. The molecule has 26 heavy (non-hydrogen) atoms. The Bertz CT molecular complexity index is 528. The molecule has 4 rings (SSSR count). The van der Waals surface area contributed by atoms with E-state index < -0.39 is 0 Å². The largest absolute Gasteiger partial charge is 0.374 e. The Morgan fingerprint density at radius 2 is 1.08 bits per heavy atom. The van der Waals surface area contributed by atoms with Gasteiger partial charge in [0.2, 0.25) is 0 Å². The van der Waals surface area contributed by atoms with Crippen LogP contribution in [0, 0.1) is 0 Å². The number of hydrogen-bond acceptors (Lipinski definition) is 5. The van der Waals surface area contributed by atoms with Crippen molar-refractivity contribution in [1.82, 2.24) is 0 Å². The van der Waals surface area contributed by atoms with E-state index in [1.807, 2.05) is 43.2 Å². The summed E-state index contributed by atoms with van der Waals surface area (Å²) in [7, 11) is 0. The number of rotatable bonds is 8. The number of benzene rings is 2. The Morgan fingerprint density at radius 3 is 1.38 bits per heavy atom. The first kappa shape index (κ1) is 20.3. The Labute approximate surface area is 154 Å². The van der Waals surface area contributed by atoms with Gasteiger partial charge < -0.3 is 23.7 Å². The SMILES string of the molecule is C=O.c1ccc(COCC2CO2)cc1.c1ccc(COCC2CO2)cc1. The predicted molar refractivity (Wildman–Crippen MR) is 98.8 cm³/mol. The molecular weight excluding hydrogens is 332 g/mol. The van der Waals surface area contributed by atoms with E-state index in [1.165, 1.54) is 11.1 Å². The van der Waals surface area contributed by atoms with Crippen LogP contribution in [0.3, 0.4) is 0 Å². The molecule has 0 spiro atoms. The molecule has 2 aromatic rings. The highest BCUT2D eigenvalue weighted by atomic mass is 16.6. The first-order valence-corrected chi connectivity index (χ1v) is 8.65. The summed E-state index contributed by atoms with van der Waals surface area (Å²) < 4.78 is 20.9. The molecule has 2 fully saturated rings. The zero-order chi connectivity index (χ0) is 18.5. The van der Waals surface area contributed by atoms with Crippen LogP contribution < -0.4 is 0 Å². The normalized spacial score (nSPS) is 19.4. The quantitative estimate of drug-likeness (QED) is 0.679. The van der Waals surface area contributed by atoms with E-state index in [2.05, 4.69) is 24.3 Å². The molecule has 0 aliphatic carbocycles. The lowest BCUT2D eigenvalue weighted by Crippen LogP contribution is -2.00. The molecule has 2 unspecified atom stereocenters. The molecule has 5 heteroatoms. The van der Waals surface area contributed by atoms with Gasteiger partial charge in [-0.05, 0) is 11.1 Å². The number of epoxide rings is 2. The summed E-state index contributed by atoms with van der Waals surface area (Å²) >= 11 is 0. The summed E-state index contributed by atoms with van der Waals surface area (Å²) in [6, 6.07) is 20.3. The highest BCUT2D eigenvalue weighted by molar-refractivity contribution is 5.14. The lowest BCUT2D eigenvalue weighted by molar-refractivity contribution is -0.0979. The van der Waals surface area contributed by atoms with E-state index in [1.54, 1.807) is 0 Å². The minimum absolute atomic E-state index is 0.369. The molecule has 0 aromatic heterocycles. The van der Waals surface area contributed by atoms with Gasteiger partial charge in [0.15, 0.2) is 0 Å². The Morgan fingerprint density at radius 1 is 0.731 bits per heavy atom. The molecule has 2 aromatic carbocycles. The van der Waals surface area contributed by atoms with Gasteiger partial charge in [0.25, 0.3) is 0 Å². The summed E-state index contributed by atoms with van der Waals surface area (Å²) in [5.74, 6) is 0. The molecule has 0 N–H and O–H groups in total. The van der Waals surface area contributed by atoms with Gasteiger partial charge in [-0.3, -0.25) is 0 Å². The highest BCUT2D eigenvalue weighted by Crippen LogP contribution is 2.11. The molecule has 2 aliphatic heterocycles. The van der Waals surface area contributed by atoms with Crippen LogP contribution in [0.5, 0.6) is 0 Å². The zero-order valence-electron chi connectivity index (χ0n) is 14.9. The Kier molecular flexibility index (Phi) is 9.61. The van der Waals surface area contributed by atoms with Crippen molar-refractivity contribution < 1.29 is 23.7 Å². The maximum atomic E-state index is 8.00. The molecule has 0 saturated carbocycles. The standard InChI is InChI=1S/2C10H12O2.CH2O/c2*1-2-4-9(5-3-1)6-11-7-10-8-12-10;1-2/h2*1-5,10H,6-8H2;1H2. The van der Waals surface area contributed by atoms with Crippen molar-refractivity contribution in [3.05, 3.63) is 71.8 Å². The van der Waals surface area contributed by atoms with Gasteiger partial charge in [-0.15, -0.1) is 0 Å². The van der Waals surface area contributed by atoms with E-state index in [4.69, 9.17) is 23.7 Å². The van der Waals surface area contributed by atoms with Crippen molar-refractivity contribution >= 4 is 6.79 Å². The third-order valence-corrected chi connectivity index (χ3v) is 3.64. The lowest BCUT2D eigenvalue weighted by Gasteiger charge is -2.00. The molecular formula is C21H26O5. The smallest absolute Gasteiger partial charge is 0.106 e. The first-order valence-electron chi connectivity index (χ1n) is 8.65. The van der Waals surface area contributed by atoms with E-state index in [0.717, 1.165) is 26.4 Å². The summed E-state index contributed by atoms with van der Waals surface area (Å²) in [5, 5.41) is 0. The van der Waals surface area contributed by atoms with Gasteiger partial charge in [0, 0.05) is 0 Å². The van der Waals surface area contributed by atoms with E-state index >= 15 is 0 Å². The molecule has 140 valence electrons. The fourth-order valence-electron chi connectivity index (χ4n) is 2.09. The zero-order valence-corrected chi connectivity index (χ0v) is 14.9. The Hall–Kier alpha value is -2.05. The first-order chi connectivity index (χ1) is 12.9. The average molecular weight is 358 g/mol. The lowest BCUT2D eigenvalue weighted by atomic mass is 10.2. The van der Waals surface area contributed by atoms with Gasteiger partial charge in [-0.1, -0.05) is 60.7 Å². The average Bonchev–Trinajstić information content (AvgIpc) is 3.62. The van der Waals surface area contributed by atoms with Gasteiger partial charge in [0.05, 0.1) is 39.6 Å². The second-order valence-electron chi connectivity index (χ2n) is 5.91. The monoisotopic (exact) mass is 358 g/mol. The topological polar surface area (TPSA) is 60.6 Å². The molecule has 2 saturated heterocycles. The van der Waals surface area contributed by atoms with Gasteiger partial charge in [-0.2, -0.15) is 0 Å². The van der Waals surface area contributed by atoms with Crippen LogP contribution in [0.15, 0.2) is 60.7 Å². The fraction of sp³-hybridized carbons (Fsp3) is 0.381. The summed E-state index contributed by atoms with van der Waals surface area (Å²) in [6.45, 7) is 6.59. The van der Waals surface area contributed by atoms with Crippen molar-refractivity contribution in [2.45, 2.75) is 25.4 Å². The number of carbonyl (C=O) groups is 1. The van der Waals surface area contributed by atoms with Gasteiger partial charge >= 0.3 is 0 Å². The minimum Gasteiger partial charge on any atom is -0.374 e. The second-order valence-corrected chi connectivity index (χ2v) is 5.91. The number of ether oxygens (including phenoxy) is 4. The van der Waals surface area contributed by atoms with Crippen LogP contribution in [0.1, 0.15) is 11.1 Å². The Balaban J connectivity index is 0.000000171. The summed E-state index contributed by atoms with van der Waals surface area (Å²) in [6.07, 6.45) is 0.738. The maximum Gasteiger partial charge on any atom is 0.106 e. The molecule has 2 atom stereocenters. The van der Waals surface area contributed by atoms with Crippen molar-refractivity contribution in [2.24, 2.45) is 0 Å². The molecule has 5 nitrogen and oxygen atoms in total. The molecule has 0 amide bonds. The summed E-state index contributed by atoms with van der Waals surface area (Å²) in [4.78, 5) is 8.00. The van der Waals surface area contributed by atoms with E-state index in [9.17, 15) is 0 Å². The van der Waals surface area contributed by atoms with E-state index in [0.29, 0.717) is 25.4 Å². The van der Waals surface area contributed by atoms with Crippen LogP contribution >= 0.6 is 0 Å². The summed E-state index contributed by atoms with van der Waals surface area (Å²) in [5.41, 5.74) is 2.44. The van der Waals surface area contributed by atoms with Crippen molar-refractivity contribution in [3.8, 4) is 0 Å². The van der Waals surface area contributed by atoms with Crippen molar-refractivity contribution in [3.63, 3.8) is 0 Å². The van der Waals surface area contributed by atoms with Crippen molar-refractivity contribution in [1.29, 1.82) is 0 Å². The third kappa shape index (κ3) is 9.44. The van der Waals surface area contributed by atoms with Gasteiger partial charge in [-0.25, -0.2) is 0 Å². The predicted octanol–water partition coefficient (Wildman–Crippen LogP) is 3.02. The van der Waals surface area contributed by atoms with Crippen molar-refractivity contribution in [2.75, 3.05) is 26.4 Å². The van der Waals surface area contributed by atoms with Crippen LogP contribution in [-0.4, -0.2) is 45.4 Å². The molecule has 0 bridgehead atoms. The third-order valence-electron chi connectivity index (χ3n) is 3.64.